The highest BCUT2D eigenvalue weighted by Gasteiger charge is 2.12. The number of sulfonamides is 1. The normalized spacial score (nSPS) is 11.8. The first-order chi connectivity index (χ1) is 10.3. The summed E-state index contributed by atoms with van der Waals surface area (Å²) >= 11 is 6.47. The Labute approximate surface area is 145 Å². The molecule has 0 radical (unpaired) electrons. The molecule has 0 unspecified atom stereocenters. The van der Waals surface area contributed by atoms with Gasteiger partial charge < -0.3 is 5.11 Å². The highest BCUT2D eigenvalue weighted by atomic mass is 79.9. The number of hydrogen-bond donors (Lipinski definition) is 2. The molecule has 2 aromatic rings. The smallest absolute Gasteiger partial charge is 0.276 e. The first-order valence-electron chi connectivity index (χ1n) is 6.09. The number of aromatic hydroxyl groups is 1. The first kappa shape index (κ1) is 17.0. The van der Waals surface area contributed by atoms with Gasteiger partial charge in [0.15, 0.2) is 0 Å². The molecule has 2 rings (SSSR count). The van der Waals surface area contributed by atoms with Gasteiger partial charge in [0.1, 0.15) is 5.75 Å². The number of nitrogens with one attached hydrogen (secondary N) is 1. The molecule has 0 amide bonds. The monoisotopic (exact) mass is 446 g/mol. The van der Waals surface area contributed by atoms with Gasteiger partial charge in [0.05, 0.1) is 15.6 Å². The van der Waals surface area contributed by atoms with Crippen LogP contribution in [-0.2, 0) is 10.0 Å². The third-order valence-electron chi connectivity index (χ3n) is 2.77. The Morgan fingerprint density at radius 3 is 2.45 bits per heavy atom. The fourth-order valence-electron chi connectivity index (χ4n) is 1.62. The number of benzene rings is 2. The number of halogens is 2. The predicted molar refractivity (Wildman–Crippen MR) is 92.6 cm³/mol. The van der Waals surface area contributed by atoms with E-state index in [-0.39, 0.29) is 10.6 Å². The van der Waals surface area contributed by atoms with Crippen molar-refractivity contribution in [2.75, 3.05) is 0 Å². The second kappa shape index (κ2) is 6.80. The molecule has 0 saturated carbocycles. The van der Waals surface area contributed by atoms with Gasteiger partial charge >= 0.3 is 0 Å². The summed E-state index contributed by atoms with van der Waals surface area (Å²) in [5.41, 5.74) is 1.33. The molecule has 0 atom stereocenters. The van der Waals surface area contributed by atoms with Gasteiger partial charge in [-0.15, -0.1) is 0 Å². The number of nitrogens with zero attached hydrogens (tertiary/aromatic N) is 1. The van der Waals surface area contributed by atoms with E-state index < -0.39 is 10.0 Å². The molecule has 0 spiro atoms. The molecule has 2 aromatic carbocycles. The molecule has 116 valence electrons. The number of aryl methyl sites for hydroxylation is 1. The number of rotatable bonds is 4. The largest absolute Gasteiger partial charge is 0.506 e. The third-order valence-corrected chi connectivity index (χ3v) is 5.07. The SMILES string of the molecule is Cc1ccc(S(=O)(=O)N/N=C\c2cc(Br)cc(Br)c2O)cc1. The van der Waals surface area contributed by atoms with Crippen LogP contribution in [0.15, 0.2) is 55.3 Å². The van der Waals surface area contributed by atoms with Crippen LogP contribution < -0.4 is 4.83 Å². The van der Waals surface area contributed by atoms with Gasteiger partial charge in [-0.1, -0.05) is 33.6 Å². The van der Waals surface area contributed by atoms with Crippen LogP contribution in [0.4, 0.5) is 0 Å². The highest BCUT2D eigenvalue weighted by Crippen LogP contribution is 2.30. The second-order valence-electron chi connectivity index (χ2n) is 4.49. The van der Waals surface area contributed by atoms with Gasteiger partial charge in [0.25, 0.3) is 10.0 Å². The number of hydrogen-bond acceptors (Lipinski definition) is 4. The fraction of sp³-hybridized carbons (Fsp3) is 0.0714. The molecule has 0 fully saturated rings. The summed E-state index contributed by atoms with van der Waals surface area (Å²) in [6.07, 6.45) is 1.23. The maximum Gasteiger partial charge on any atom is 0.276 e. The van der Waals surface area contributed by atoms with Crippen LogP contribution in [0, 0.1) is 6.92 Å². The minimum atomic E-state index is -3.73. The van der Waals surface area contributed by atoms with Crippen molar-refractivity contribution in [1.29, 1.82) is 0 Å². The van der Waals surface area contributed by atoms with Crippen LogP contribution in [0.1, 0.15) is 11.1 Å². The molecule has 0 saturated heterocycles. The van der Waals surface area contributed by atoms with Gasteiger partial charge in [0.2, 0.25) is 0 Å². The third kappa shape index (κ3) is 4.08. The van der Waals surface area contributed by atoms with E-state index in [1.54, 1.807) is 24.3 Å². The van der Waals surface area contributed by atoms with E-state index in [1.807, 2.05) is 6.92 Å². The first-order valence-corrected chi connectivity index (χ1v) is 9.16. The van der Waals surface area contributed by atoms with Crippen molar-refractivity contribution in [1.82, 2.24) is 4.83 Å². The van der Waals surface area contributed by atoms with Crippen molar-refractivity contribution in [3.8, 4) is 5.75 Å². The Bertz CT molecular complexity index is 819. The van der Waals surface area contributed by atoms with Gasteiger partial charge in [-0.25, -0.2) is 4.83 Å². The zero-order chi connectivity index (χ0) is 16.3. The lowest BCUT2D eigenvalue weighted by atomic mass is 10.2. The van der Waals surface area contributed by atoms with Crippen LogP contribution in [0.25, 0.3) is 0 Å². The lowest BCUT2D eigenvalue weighted by Crippen LogP contribution is -2.18. The highest BCUT2D eigenvalue weighted by molar-refractivity contribution is 9.11. The molecule has 0 aliphatic rings. The molecule has 0 bridgehead atoms. The standard InChI is InChI=1S/C14H12Br2N2O3S/c1-9-2-4-12(5-3-9)22(20,21)18-17-8-10-6-11(15)7-13(16)14(10)19/h2-8,18-19H,1H3/b17-8-. The maximum absolute atomic E-state index is 12.0. The Morgan fingerprint density at radius 1 is 1.18 bits per heavy atom. The van der Waals surface area contributed by atoms with Crippen LogP contribution in [0.3, 0.4) is 0 Å². The van der Waals surface area contributed by atoms with Crippen molar-refractivity contribution >= 4 is 48.1 Å². The summed E-state index contributed by atoms with van der Waals surface area (Å²) in [6.45, 7) is 1.87. The van der Waals surface area contributed by atoms with Crippen molar-refractivity contribution in [3.63, 3.8) is 0 Å². The summed E-state index contributed by atoms with van der Waals surface area (Å²) in [7, 11) is -3.73. The molecule has 2 N–H and O–H groups in total. The van der Waals surface area contributed by atoms with E-state index >= 15 is 0 Å². The Balaban J connectivity index is 2.20. The van der Waals surface area contributed by atoms with Crippen LogP contribution in [0.5, 0.6) is 5.75 Å². The average Bonchev–Trinajstić information content (AvgIpc) is 2.44. The molecular formula is C14H12Br2N2O3S. The maximum atomic E-state index is 12.0. The Morgan fingerprint density at radius 2 is 1.82 bits per heavy atom. The van der Waals surface area contributed by atoms with E-state index in [1.165, 1.54) is 18.3 Å². The lowest BCUT2D eigenvalue weighted by Gasteiger charge is -2.05. The number of phenols is 1. The van der Waals surface area contributed by atoms with Crippen LogP contribution in [-0.4, -0.2) is 19.7 Å². The van der Waals surface area contributed by atoms with Gasteiger partial charge in [-0.05, 0) is 47.1 Å². The summed E-state index contributed by atoms with van der Waals surface area (Å²) < 4.78 is 25.3. The minimum absolute atomic E-state index is 0.0264. The molecule has 5 nitrogen and oxygen atoms in total. The minimum Gasteiger partial charge on any atom is -0.506 e. The molecule has 0 aliphatic carbocycles. The van der Waals surface area contributed by atoms with Crippen molar-refractivity contribution in [3.05, 3.63) is 56.5 Å². The molecule has 0 heterocycles. The summed E-state index contributed by atoms with van der Waals surface area (Å²) in [6, 6.07) is 9.69. The van der Waals surface area contributed by atoms with Gasteiger partial charge in [0, 0.05) is 10.0 Å². The lowest BCUT2D eigenvalue weighted by molar-refractivity contribution is 0.471. The van der Waals surface area contributed by atoms with Crippen molar-refractivity contribution < 1.29 is 13.5 Å². The van der Waals surface area contributed by atoms with Crippen molar-refractivity contribution in [2.24, 2.45) is 5.10 Å². The zero-order valence-corrected chi connectivity index (χ0v) is 15.4. The zero-order valence-electron chi connectivity index (χ0n) is 11.4. The van der Waals surface area contributed by atoms with Crippen molar-refractivity contribution in [2.45, 2.75) is 11.8 Å². The molecule has 8 heteroatoms. The van der Waals surface area contributed by atoms with Crippen LogP contribution in [0.2, 0.25) is 0 Å². The molecular weight excluding hydrogens is 436 g/mol. The number of hydrazone groups is 1. The van der Waals surface area contributed by atoms with E-state index in [9.17, 15) is 13.5 Å². The van der Waals surface area contributed by atoms with Crippen LogP contribution >= 0.6 is 31.9 Å². The molecule has 0 aliphatic heterocycles. The fourth-order valence-corrected chi connectivity index (χ4v) is 3.67. The summed E-state index contributed by atoms with van der Waals surface area (Å²) in [5.74, 6) is -0.0264. The molecule has 22 heavy (non-hydrogen) atoms. The van der Waals surface area contributed by atoms with E-state index in [0.717, 1.165) is 10.0 Å². The van der Waals surface area contributed by atoms with E-state index in [4.69, 9.17) is 0 Å². The Hall–Kier alpha value is -1.38. The molecule has 0 aromatic heterocycles. The predicted octanol–water partition coefficient (Wildman–Crippen LogP) is 3.54. The number of phenolic OH excluding ortho intramolecular Hbond substituents is 1. The summed E-state index contributed by atoms with van der Waals surface area (Å²) in [5, 5.41) is 13.6. The van der Waals surface area contributed by atoms with Gasteiger partial charge in [-0.2, -0.15) is 13.5 Å². The topological polar surface area (TPSA) is 78.8 Å². The Kier molecular flexibility index (Phi) is 5.25. The average molecular weight is 448 g/mol. The van der Waals surface area contributed by atoms with Gasteiger partial charge in [-0.3, -0.25) is 0 Å². The quantitative estimate of drug-likeness (QED) is 0.555. The summed E-state index contributed by atoms with van der Waals surface area (Å²) in [4.78, 5) is 2.23. The van der Waals surface area contributed by atoms with E-state index in [0.29, 0.717) is 10.0 Å². The van der Waals surface area contributed by atoms with E-state index in [2.05, 4.69) is 41.8 Å². The second-order valence-corrected chi connectivity index (χ2v) is 7.92.